The van der Waals surface area contributed by atoms with E-state index in [0.29, 0.717) is 5.69 Å². The zero-order chi connectivity index (χ0) is 18.6. The molecule has 0 saturated carbocycles. The predicted molar refractivity (Wildman–Crippen MR) is 109 cm³/mol. The topological polar surface area (TPSA) is 66.5 Å². The van der Waals surface area contributed by atoms with Crippen LogP contribution in [0.25, 0.3) is 0 Å². The number of sulfonamides is 1. The molecule has 25 heavy (non-hydrogen) atoms. The van der Waals surface area contributed by atoms with Crippen LogP contribution in [0.1, 0.15) is 24.1 Å². The maximum absolute atomic E-state index is 12.4. The van der Waals surface area contributed by atoms with Crippen molar-refractivity contribution >= 4 is 44.2 Å². The zero-order valence-corrected chi connectivity index (χ0v) is 17.3. The van der Waals surface area contributed by atoms with Crippen LogP contribution in [0.4, 0.5) is 5.69 Å². The lowest BCUT2D eigenvalue weighted by molar-refractivity contribution is -0.120. The van der Waals surface area contributed by atoms with Crippen LogP contribution >= 0.6 is 22.6 Å². The van der Waals surface area contributed by atoms with Gasteiger partial charge in [0.05, 0.1) is 18.0 Å². The van der Waals surface area contributed by atoms with Crippen LogP contribution in [-0.2, 0) is 14.8 Å². The Bertz CT molecular complexity index is 834. The summed E-state index contributed by atoms with van der Waals surface area (Å²) >= 11 is 2.14. The molecule has 0 aromatic heterocycles. The molecule has 1 atom stereocenters. The molecule has 0 heterocycles. The quantitative estimate of drug-likeness (QED) is 0.657. The Morgan fingerprint density at radius 2 is 1.68 bits per heavy atom. The van der Waals surface area contributed by atoms with Crippen molar-refractivity contribution in [2.75, 3.05) is 17.1 Å². The van der Waals surface area contributed by atoms with Gasteiger partial charge in [0.2, 0.25) is 15.9 Å². The second-order valence-electron chi connectivity index (χ2n) is 5.95. The summed E-state index contributed by atoms with van der Waals surface area (Å²) in [5, 5.41) is 2.85. The van der Waals surface area contributed by atoms with Crippen molar-refractivity contribution in [2.45, 2.75) is 19.9 Å². The molecule has 0 aliphatic heterocycles. The first-order valence-corrected chi connectivity index (χ1v) is 10.7. The first kappa shape index (κ1) is 19.7. The Balaban J connectivity index is 2.12. The smallest absolute Gasteiger partial charge is 0.241 e. The van der Waals surface area contributed by atoms with E-state index < -0.39 is 10.0 Å². The lowest BCUT2D eigenvalue weighted by Gasteiger charge is -2.23. The van der Waals surface area contributed by atoms with Gasteiger partial charge in [-0.05, 0) is 66.3 Å². The van der Waals surface area contributed by atoms with Crippen molar-refractivity contribution in [3.8, 4) is 0 Å². The monoisotopic (exact) mass is 472 g/mol. The van der Waals surface area contributed by atoms with Crippen LogP contribution in [0.5, 0.6) is 0 Å². The third kappa shape index (κ3) is 5.71. The van der Waals surface area contributed by atoms with Crippen LogP contribution in [0.2, 0.25) is 0 Å². The minimum atomic E-state index is -3.56. The third-order valence-corrected chi connectivity index (χ3v) is 5.62. The van der Waals surface area contributed by atoms with Gasteiger partial charge in [-0.25, -0.2) is 8.42 Å². The van der Waals surface area contributed by atoms with Crippen molar-refractivity contribution in [1.82, 2.24) is 5.32 Å². The lowest BCUT2D eigenvalue weighted by atomic mass is 10.1. The molecule has 0 bridgehead atoms. The van der Waals surface area contributed by atoms with E-state index in [4.69, 9.17) is 0 Å². The summed E-state index contributed by atoms with van der Waals surface area (Å²) in [6, 6.07) is 14.7. The molecule has 5 nitrogen and oxygen atoms in total. The number of aryl methyl sites for hydroxylation is 1. The van der Waals surface area contributed by atoms with Crippen LogP contribution in [0, 0.1) is 10.5 Å². The molecule has 0 fully saturated rings. The van der Waals surface area contributed by atoms with Crippen LogP contribution in [-0.4, -0.2) is 27.1 Å². The van der Waals surface area contributed by atoms with Crippen LogP contribution in [0.15, 0.2) is 48.5 Å². The second kappa shape index (κ2) is 8.18. The molecule has 1 amide bonds. The standard InChI is InChI=1S/C18H21IN2O3S/c1-13-4-6-15(7-5-13)14(2)20-18(22)12-21(25(3,23)24)17-10-8-16(19)9-11-17/h4-11,14H,12H2,1-3H3,(H,20,22)/t14-/m0/s1. The Hall–Kier alpha value is -1.61. The van der Waals surface area contributed by atoms with Crippen molar-refractivity contribution in [3.05, 3.63) is 63.2 Å². The highest BCUT2D eigenvalue weighted by molar-refractivity contribution is 14.1. The molecular formula is C18H21IN2O3S. The highest BCUT2D eigenvalue weighted by Crippen LogP contribution is 2.19. The van der Waals surface area contributed by atoms with Crippen molar-refractivity contribution < 1.29 is 13.2 Å². The Morgan fingerprint density at radius 1 is 1.12 bits per heavy atom. The highest BCUT2D eigenvalue weighted by atomic mass is 127. The number of anilines is 1. The Kier molecular flexibility index (Phi) is 6.45. The van der Waals surface area contributed by atoms with Gasteiger partial charge in [-0.1, -0.05) is 29.8 Å². The number of halogens is 1. The second-order valence-corrected chi connectivity index (χ2v) is 9.10. The van der Waals surface area contributed by atoms with E-state index in [1.165, 1.54) is 0 Å². The molecule has 134 valence electrons. The fraction of sp³-hybridized carbons (Fsp3) is 0.278. The highest BCUT2D eigenvalue weighted by Gasteiger charge is 2.21. The SMILES string of the molecule is Cc1ccc([C@H](C)NC(=O)CN(c2ccc(I)cc2)S(C)(=O)=O)cc1. The molecule has 2 aromatic rings. The Labute approximate surface area is 162 Å². The van der Waals surface area contributed by atoms with Crippen LogP contribution < -0.4 is 9.62 Å². The van der Waals surface area contributed by atoms with E-state index in [0.717, 1.165) is 25.3 Å². The van der Waals surface area contributed by atoms with Gasteiger partial charge in [0.25, 0.3) is 0 Å². The summed E-state index contributed by atoms with van der Waals surface area (Å²) in [6.45, 7) is 3.62. The molecule has 1 N–H and O–H groups in total. The summed E-state index contributed by atoms with van der Waals surface area (Å²) in [6.07, 6.45) is 1.10. The summed E-state index contributed by atoms with van der Waals surface area (Å²) in [5.74, 6) is -0.350. The van der Waals surface area contributed by atoms with Gasteiger partial charge in [-0.3, -0.25) is 9.10 Å². The molecule has 0 aliphatic carbocycles. The van der Waals surface area contributed by atoms with E-state index in [2.05, 4.69) is 27.9 Å². The summed E-state index contributed by atoms with van der Waals surface area (Å²) in [5.41, 5.74) is 2.59. The van der Waals surface area contributed by atoms with Gasteiger partial charge in [0, 0.05) is 3.57 Å². The maximum atomic E-state index is 12.4. The van der Waals surface area contributed by atoms with Gasteiger partial charge >= 0.3 is 0 Å². The van der Waals surface area contributed by atoms with Crippen molar-refractivity contribution in [3.63, 3.8) is 0 Å². The fourth-order valence-electron chi connectivity index (χ4n) is 2.36. The molecule has 0 aliphatic rings. The van der Waals surface area contributed by atoms with Gasteiger partial charge in [0.1, 0.15) is 6.54 Å². The van der Waals surface area contributed by atoms with Crippen LogP contribution in [0.3, 0.4) is 0 Å². The normalized spacial score (nSPS) is 12.5. The molecule has 2 rings (SSSR count). The molecule has 0 saturated heterocycles. The summed E-state index contributed by atoms with van der Waals surface area (Å²) in [7, 11) is -3.56. The number of amides is 1. The number of hydrogen-bond acceptors (Lipinski definition) is 3. The number of rotatable bonds is 6. The van der Waals surface area contributed by atoms with Crippen molar-refractivity contribution in [2.24, 2.45) is 0 Å². The van der Waals surface area contributed by atoms with Crippen molar-refractivity contribution in [1.29, 1.82) is 0 Å². The number of carbonyl (C=O) groups excluding carboxylic acids is 1. The minimum Gasteiger partial charge on any atom is -0.348 e. The zero-order valence-electron chi connectivity index (χ0n) is 14.4. The molecule has 2 aromatic carbocycles. The molecule has 0 unspecified atom stereocenters. The number of benzene rings is 2. The lowest BCUT2D eigenvalue weighted by Crippen LogP contribution is -2.41. The minimum absolute atomic E-state index is 0.203. The summed E-state index contributed by atoms with van der Waals surface area (Å²) < 4.78 is 26.3. The van der Waals surface area contributed by atoms with Gasteiger partial charge in [-0.15, -0.1) is 0 Å². The Morgan fingerprint density at radius 3 is 2.20 bits per heavy atom. The number of nitrogens with one attached hydrogen (secondary N) is 1. The number of nitrogens with zero attached hydrogens (tertiary/aromatic N) is 1. The first-order chi connectivity index (χ1) is 11.7. The van der Waals surface area contributed by atoms with E-state index in [-0.39, 0.29) is 18.5 Å². The maximum Gasteiger partial charge on any atom is 0.241 e. The number of hydrogen-bond donors (Lipinski definition) is 1. The summed E-state index contributed by atoms with van der Waals surface area (Å²) in [4.78, 5) is 12.4. The van der Waals surface area contributed by atoms with E-state index in [1.54, 1.807) is 24.3 Å². The fourth-order valence-corrected chi connectivity index (χ4v) is 3.58. The van der Waals surface area contributed by atoms with E-state index in [1.807, 2.05) is 38.1 Å². The predicted octanol–water partition coefficient (Wildman–Crippen LogP) is 3.24. The average Bonchev–Trinajstić information content (AvgIpc) is 2.53. The van der Waals surface area contributed by atoms with E-state index >= 15 is 0 Å². The van der Waals surface area contributed by atoms with Gasteiger partial charge < -0.3 is 5.32 Å². The van der Waals surface area contributed by atoms with Gasteiger partial charge in [-0.2, -0.15) is 0 Å². The molecule has 0 radical (unpaired) electrons. The van der Waals surface area contributed by atoms with Gasteiger partial charge in [0.15, 0.2) is 0 Å². The molecule has 7 heteroatoms. The third-order valence-electron chi connectivity index (χ3n) is 3.76. The average molecular weight is 472 g/mol. The van der Waals surface area contributed by atoms with E-state index in [9.17, 15) is 13.2 Å². The largest absolute Gasteiger partial charge is 0.348 e. The number of carbonyl (C=O) groups is 1. The molecule has 0 spiro atoms. The molecular weight excluding hydrogens is 451 g/mol. The first-order valence-electron chi connectivity index (χ1n) is 7.76.